The topological polar surface area (TPSA) is 128 Å². The molecule has 0 unspecified atom stereocenters. The van der Waals surface area contributed by atoms with Crippen LogP contribution in [0.3, 0.4) is 0 Å². The summed E-state index contributed by atoms with van der Waals surface area (Å²) in [6.45, 7) is 4.00. The lowest BCUT2D eigenvalue weighted by Crippen LogP contribution is -2.09. The van der Waals surface area contributed by atoms with Crippen molar-refractivity contribution < 1.29 is 19.1 Å². The Bertz CT molecular complexity index is 1110. The number of aromatic nitrogens is 2. The van der Waals surface area contributed by atoms with Crippen molar-refractivity contribution in [3.63, 3.8) is 0 Å². The predicted molar refractivity (Wildman–Crippen MR) is 118 cm³/mol. The lowest BCUT2D eigenvalue weighted by atomic mass is 10.1. The first-order chi connectivity index (χ1) is 14.8. The highest BCUT2D eigenvalue weighted by molar-refractivity contribution is 5.97. The van der Waals surface area contributed by atoms with E-state index >= 15 is 0 Å². The first-order valence-electron chi connectivity index (χ1n) is 9.36. The first-order valence-corrected chi connectivity index (χ1v) is 9.36. The fourth-order valence-electron chi connectivity index (χ4n) is 2.98. The third kappa shape index (κ3) is 4.89. The molecule has 4 N–H and O–H groups in total. The number of rotatable bonds is 6. The summed E-state index contributed by atoms with van der Waals surface area (Å²) in [5.74, 6) is -0.467. The van der Waals surface area contributed by atoms with Gasteiger partial charge in [0.25, 0.3) is 0 Å². The molecule has 0 radical (unpaired) electrons. The molecule has 0 aliphatic heterocycles. The molecule has 160 valence electrons. The zero-order valence-corrected chi connectivity index (χ0v) is 17.6. The van der Waals surface area contributed by atoms with Crippen molar-refractivity contribution in [1.82, 2.24) is 9.97 Å². The van der Waals surface area contributed by atoms with Gasteiger partial charge < -0.3 is 25.8 Å². The van der Waals surface area contributed by atoms with Gasteiger partial charge >= 0.3 is 11.9 Å². The van der Waals surface area contributed by atoms with Crippen molar-refractivity contribution in [2.45, 2.75) is 13.8 Å². The van der Waals surface area contributed by atoms with E-state index in [2.05, 4.69) is 20.6 Å². The number of hydrogen-bond acceptors (Lipinski definition) is 9. The third-order valence-electron chi connectivity index (χ3n) is 4.56. The van der Waals surface area contributed by atoms with Crippen LogP contribution in [0.25, 0.3) is 0 Å². The van der Waals surface area contributed by atoms with Gasteiger partial charge in [-0.05, 0) is 43.7 Å². The Morgan fingerprint density at radius 1 is 0.871 bits per heavy atom. The van der Waals surface area contributed by atoms with Gasteiger partial charge in [-0.15, -0.1) is 0 Å². The van der Waals surface area contributed by atoms with Gasteiger partial charge in [0.15, 0.2) is 11.6 Å². The number of carbonyl (C=O) groups is 2. The van der Waals surface area contributed by atoms with Crippen LogP contribution >= 0.6 is 0 Å². The van der Waals surface area contributed by atoms with Crippen molar-refractivity contribution in [1.29, 1.82) is 0 Å². The van der Waals surface area contributed by atoms with Crippen molar-refractivity contribution in [2.75, 3.05) is 30.6 Å². The maximum absolute atomic E-state index is 12.0. The van der Waals surface area contributed by atoms with Gasteiger partial charge in [-0.3, -0.25) is 0 Å². The Morgan fingerprint density at radius 3 is 2.00 bits per heavy atom. The number of hydrogen-bond donors (Lipinski definition) is 3. The standard InChI is InChI=1S/C22H23N5O4/c1-12-5-6-17(13(2)7-12)27-20-18(23)19(24-11-25-20)26-16-9-14(21(28)30-3)8-15(10-16)22(29)31-4/h5-11H,23H2,1-4H3,(H2,24,25,26,27). The number of methoxy groups -OCH3 is 2. The van der Waals surface area contributed by atoms with E-state index in [4.69, 9.17) is 15.2 Å². The number of benzene rings is 2. The summed E-state index contributed by atoms with van der Waals surface area (Å²) in [5.41, 5.74) is 10.4. The lowest BCUT2D eigenvalue weighted by Gasteiger charge is -2.15. The first kappa shape index (κ1) is 21.6. The van der Waals surface area contributed by atoms with Crippen LogP contribution in [-0.4, -0.2) is 36.1 Å². The molecule has 0 saturated carbocycles. The van der Waals surface area contributed by atoms with Crippen LogP contribution in [0.5, 0.6) is 0 Å². The zero-order valence-electron chi connectivity index (χ0n) is 17.6. The number of esters is 2. The minimum Gasteiger partial charge on any atom is -0.465 e. The SMILES string of the molecule is COC(=O)c1cc(Nc2ncnc(Nc3ccc(C)cc3C)c2N)cc(C(=O)OC)c1. The van der Waals surface area contributed by atoms with Crippen molar-refractivity contribution in [2.24, 2.45) is 0 Å². The molecule has 0 atom stereocenters. The monoisotopic (exact) mass is 421 g/mol. The molecule has 3 rings (SSSR count). The number of nitrogens with zero attached hydrogens (tertiary/aromatic N) is 2. The average molecular weight is 421 g/mol. The molecule has 1 aromatic heterocycles. The Balaban J connectivity index is 1.95. The van der Waals surface area contributed by atoms with Crippen molar-refractivity contribution in [3.05, 3.63) is 65.0 Å². The molecule has 9 heteroatoms. The lowest BCUT2D eigenvalue weighted by molar-refractivity contribution is 0.0599. The van der Waals surface area contributed by atoms with Crippen molar-refractivity contribution >= 4 is 40.6 Å². The molecular weight excluding hydrogens is 398 g/mol. The molecule has 0 amide bonds. The summed E-state index contributed by atoms with van der Waals surface area (Å²) in [4.78, 5) is 32.4. The van der Waals surface area contributed by atoms with E-state index in [0.29, 0.717) is 17.3 Å². The number of ether oxygens (including phenoxy) is 2. The summed E-state index contributed by atoms with van der Waals surface area (Å²) in [7, 11) is 2.52. The quantitative estimate of drug-likeness (QED) is 0.510. The van der Waals surface area contributed by atoms with E-state index in [9.17, 15) is 9.59 Å². The molecule has 0 aliphatic carbocycles. The van der Waals surface area contributed by atoms with Gasteiger partial charge in [0.05, 0.1) is 25.3 Å². The molecule has 1 heterocycles. The number of carbonyl (C=O) groups excluding carboxylic acids is 2. The van der Waals surface area contributed by atoms with Crippen LogP contribution in [0.15, 0.2) is 42.7 Å². The van der Waals surface area contributed by atoms with Crippen LogP contribution in [0.1, 0.15) is 31.8 Å². The molecule has 3 aromatic rings. The second-order valence-corrected chi connectivity index (χ2v) is 6.84. The minimum absolute atomic E-state index is 0.175. The molecule has 0 fully saturated rings. The summed E-state index contributed by atoms with van der Waals surface area (Å²) < 4.78 is 9.52. The Morgan fingerprint density at radius 2 is 1.45 bits per heavy atom. The minimum atomic E-state index is -0.596. The number of nitrogens with one attached hydrogen (secondary N) is 2. The normalized spacial score (nSPS) is 10.3. The van der Waals surface area contributed by atoms with Gasteiger partial charge in [-0.2, -0.15) is 0 Å². The van der Waals surface area contributed by atoms with Gasteiger partial charge in [-0.1, -0.05) is 17.7 Å². The van der Waals surface area contributed by atoms with Gasteiger partial charge in [0, 0.05) is 11.4 Å². The zero-order chi connectivity index (χ0) is 22.5. The Kier molecular flexibility index (Phi) is 6.35. The maximum atomic E-state index is 12.0. The summed E-state index contributed by atoms with van der Waals surface area (Å²) in [5, 5.41) is 6.24. The third-order valence-corrected chi connectivity index (χ3v) is 4.56. The molecule has 0 aliphatic rings. The molecule has 0 saturated heterocycles. The summed E-state index contributed by atoms with van der Waals surface area (Å²) >= 11 is 0. The van der Waals surface area contributed by atoms with Gasteiger partial charge in [-0.25, -0.2) is 19.6 Å². The highest BCUT2D eigenvalue weighted by Gasteiger charge is 2.16. The molecule has 9 nitrogen and oxygen atoms in total. The van der Waals surface area contributed by atoms with Crippen LogP contribution in [0.2, 0.25) is 0 Å². The molecule has 2 aromatic carbocycles. The van der Waals surface area contributed by atoms with Crippen LogP contribution in [0, 0.1) is 13.8 Å². The van der Waals surface area contributed by atoms with Gasteiger partial charge in [0.2, 0.25) is 0 Å². The Labute approximate surface area is 179 Å². The highest BCUT2D eigenvalue weighted by Crippen LogP contribution is 2.30. The smallest absolute Gasteiger partial charge is 0.337 e. The van der Waals surface area contributed by atoms with E-state index in [0.717, 1.165) is 16.8 Å². The summed E-state index contributed by atoms with van der Waals surface area (Å²) in [6.07, 6.45) is 1.36. The maximum Gasteiger partial charge on any atom is 0.337 e. The van der Waals surface area contributed by atoms with E-state index < -0.39 is 11.9 Å². The van der Waals surface area contributed by atoms with Crippen LogP contribution in [0.4, 0.5) is 28.7 Å². The largest absolute Gasteiger partial charge is 0.465 e. The second-order valence-electron chi connectivity index (χ2n) is 6.84. The number of nitrogens with two attached hydrogens (primary N) is 1. The number of anilines is 5. The van der Waals surface area contributed by atoms with Crippen LogP contribution < -0.4 is 16.4 Å². The summed E-state index contributed by atoms with van der Waals surface area (Å²) in [6, 6.07) is 10.4. The van der Waals surface area contributed by atoms with E-state index in [1.807, 2.05) is 32.0 Å². The van der Waals surface area contributed by atoms with Gasteiger partial charge in [0.1, 0.15) is 12.0 Å². The number of nitrogen functional groups attached to an aromatic ring is 1. The highest BCUT2D eigenvalue weighted by atomic mass is 16.5. The fourth-order valence-corrected chi connectivity index (χ4v) is 2.98. The molecule has 0 spiro atoms. The van der Waals surface area contributed by atoms with Crippen molar-refractivity contribution in [3.8, 4) is 0 Å². The fraction of sp³-hybridized carbons (Fsp3) is 0.182. The Hall–Kier alpha value is -4.14. The number of aryl methyl sites for hydroxylation is 2. The molecule has 31 heavy (non-hydrogen) atoms. The van der Waals surface area contributed by atoms with E-state index in [1.54, 1.807) is 0 Å². The average Bonchev–Trinajstić information content (AvgIpc) is 2.76. The predicted octanol–water partition coefficient (Wildman–Crippen LogP) is 3.74. The van der Waals surface area contributed by atoms with E-state index in [1.165, 1.54) is 38.7 Å². The second kappa shape index (κ2) is 9.12. The van der Waals surface area contributed by atoms with E-state index in [-0.39, 0.29) is 16.8 Å². The molecular formula is C22H23N5O4. The molecule has 0 bridgehead atoms. The van der Waals surface area contributed by atoms with Crippen LogP contribution in [-0.2, 0) is 9.47 Å².